The van der Waals surface area contributed by atoms with Gasteiger partial charge in [0.15, 0.2) is 0 Å². The van der Waals surface area contributed by atoms with Crippen LogP contribution in [0.25, 0.3) is 0 Å². The van der Waals surface area contributed by atoms with Crippen molar-refractivity contribution in [3.63, 3.8) is 0 Å². The van der Waals surface area contributed by atoms with Crippen LogP contribution in [0.5, 0.6) is 0 Å². The number of nitrogens with one attached hydrogen (secondary N) is 1. The summed E-state index contributed by atoms with van der Waals surface area (Å²) < 4.78 is 1.52. The molecular weight excluding hydrogens is 334 g/mol. The molecule has 0 spiro atoms. The summed E-state index contributed by atoms with van der Waals surface area (Å²) in [6.07, 6.45) is 1.74. The number of aryl methyl sites for hydroxylation is 2. The van der Waals surface area contributed by atoms with E-state index in [4.69, 9.17) is 0 Å². The quantitative estimate of drug-likeness (QED) is 0.656. The highest BCUT2D eigenvalue weighted by molar-refractivity contribution is 5.94. The first-order valence-electron chi connectivity index (χ1n) is 8.73. The van der Waals surface area contributed by atoms with Gasteiger partial charge in [-0.2, -0.15) is 5.10 Å². The molecule has 1 fully saturated rings. The van der Waals surface area contributed by atoms with Gasteiger partial charge in [-0.15, -0.1) is 0 Å². The molecule has 26 heavy (non-hydrogen) atoms. The van der Waals surface area contributed by atoms with Crippen molar-refractivity contribution in [2.75, 3.05) is 25.0 Å². The Bertz CT molecular complexity index is 795. The molecule has 0 radical (unpaired) electrons. The number of carbonyl (C=O) groups is 1. The number of amides is 1. The molecule has 2 heterocycles. The third-order valence-corrected chi connectivity index (χ3v) is 4.85. The number of hydrogen-bond acceptors (Lipinski definition) is 5. The Morgan fingerprint density at radius 1 is 1.31 bits per heavy atom. The number of benzene rings is 1. The SMILES string of the molecule is Cc1nn(C)c(NCC2CCN(C(=O)c3ccccc3)CC2)c1[N+](=O)[O-]. The number of carbonyl (C=O) groups excluding carboxylic acids is 1. The van der Waals surface area contributed by atoms with Crippen molar-refractivity contribution >= 4 is 17.4 Å². The number of piperidine rings is 1. The lowest BCUT2D eigenvalue weighted by Crippen LogP contribution is -2.40. The summed E-state index contributed by atoms with van der Waals surface area (Å²) in [7, 11) is 1.70. The molecule has 1 N–H and O–H groups in total. The summed E-state index contributed by atoms with van der Waals surface area (Å²) in [4.78, 5) is 25.2. The van der Waals surface area contributed by atoms with Gasteiger partial charge in [0, 0.05) is 32.2 Å². The molecule has 0 unspecified atom stereocenters. The summed E-state index contributed by atoms with van der Waals surface area (Å²) in [5, 5.41) is 18.5. The molecule has 0 saturated carbocycles. The normalized spacial score (nSPS) is 15.1. The van der Waals surface area contributed by atoms with E-state index in [1.54, 1.807) is 14.0 Å². The Kier molecular flexibility index (Phi) is 5.20. The van der Waals surface area contributed by atoms with Crippen molar-refractivity contribution in [1.82, 2.24) is 14.7 Å². The van der Waals surface area contributed by atoms with Crippen LogP contribution in [0.15, 0.2) is 30.3 Å². The molecule has 8 nitrogen and oxygen atoms in total. The van der Waals surface area contributed by atoms with Crippen molar-refractivity contribution < 1.29 is 9.72 Å². The molecule has 2 aromatic rings. The van der Waals surface area contributed by atoms with Gasteiger partial charge in [0.2, 0.25) is 5.82 Å². The third kappa shape index (κ3) is 3.68. The Morgan fingerprint density at radius 2 is 1.96 bits per heavy atom. The van der Waals surface area contributed by atoms with Gasteiger partial charge in [0.25, 0.3) is 5.91 Å². The second kappa shape index (κ2) is 7.55. The van der Waals surface area contributed by atoms with E-state index in [-0.39, 0.29) is 11.6 Å². The monoisotopic (exact) mass is 357 g/mol. The molecule has 1 aliphatic heterocycles. The molecule has 0 aliphatic carbocycles. The number of rotatable bonds is 5. The highest BCUT2D eigenvalue weighted by Crippen LogP contribution is 2.28. The largest absolute Gasteiger partial charge is 0.364 e. The summed E-state index contributed by atoms with van der Waals surface area (Å²) in [5.74, 6) is 0.870. The van der Waals surface area contributed by atoms with Gasteiger partial charge in [-0.25, -0.2) is 4.68 Å². The lowest BCUT2D eigenvalue weighted by molar-refractivity contribution is -0.384. The standard InChI is InChI=1S/C18H23N5O3/c1-13-16(23(25)26)17(21(2)20-13)19-12-14-8-10-22(11-9-14)18(24)15-6-4-3-5-7-15/h3-7,14,19H,8-12H2,1-2H3. The first-order chi connectivity index (χ1) is 12.5. The van der Waals surface area contributed by atoms with Gasteiger partial charge in [-0.3, -0.25) is 14.9 Å². The Morgan fingerprint density at radius 3 is 2.58 bits per heavy atom. The molecule has 1 saturated heterocycles. The fraction of sp³-hybridized carbons (Fsp3) is 0.444. The van der Waals surface area contributed by atoms with E-state index >= 15 is 0 Å². The zero-order valence-corrected chi connectivity index (χ0v) is 15.0. The fourth-order valence-corrected chi connectivity index (χ4v) is 3.41. The second-order valence-electron chi connectivity index (χ2n) is 6.65. The van der Waals surface area contributed by atoms with E-state index in [1.165, 1.54) is 4.68 Å². The zero-order valence-electron chi connectivity index (χ0n) is 15.0. The molecule has 0 bridgehead atoms. The lowest BCUT2D eigenvalue weighted by atomic mass is 9.96. The van der Waals surface area contributed by atoms with Gasteiger partial charge in [0.1, 0.15) is 5.69 Å². The molecular formula is C18H23N5O3. The van der Waals surface area contributed by atoms with E-state index in [0.29, 0.717) is 42.6 Å². The molecule has 1 aromatic heterocycles. The zero-order chi connectivity index (χ0) is 18.7. The Balaban J connectivity index is 1.55. The molecule has 8 heteroatoms. The molecule has 0 atom stereocenters. The second-order valence-corrected chi connectivity index (χ2v) is 6.65. The molecule has 1 aromatic carbocycles. The first-order valence-corrected chi connectivity index (χ1v) is 8.73. The predicted octanol–water partition coefficient (Wildman–Crippen LogP) is 2.60. The number of aromatic nitrogens is 2. The van der Waals surface area contributed by atoms with Crippen LogP contribution in [0, 0.1) is 23.0 Å². The van der Waals surface area contributed by atoms with Crippen LogP contribution in [0.1, 0.15) is 28.9 Å². The van der Waals surface area contributed by atoms with Crippen molar-refractivity contribution in [1.29, 1.82) is 0 Å². The minimum atomic E-state index is -0.397. The van der Waals surface area contributed by atoms with E-state index in [1.807, 2.05) is 35.2 Å². The first kappa shape index (κ1) is 17.9. The molecule has 3 rings (SSSR count). The van der Waals surface area contributed by atoms with Crippen molar-refractivity contribution in [2.24, 2.45) is 13.0 Å². The highest BCUT2D eigenvalue weighted by Gasteiger charge is 2.27. The topological polar surface area (TPSA) is 93.3 Å². The average molecular weight is 357 g/mol. The van der Waals surface area contributed by atoms with Crippen LogP contribution < -0.4 is 5.32 Å². The van der Waals surface area contributed by atoms with Crippen LogP contribution in [0.3, 0.4) is 0 Å². The van der Waals surface area contributed by atoms with E-state index in [9.17, 15) is 14.9 Å². The Labute approximate surface area is 151 Å². The minimum Gasteiger partial charge on any atom is -0.364 e. The maximum atomic E-state index is 12.5. The summed E-state index contributed by atoms with van der Waals surface area (Å²) in [6, 6.07) is 9.30. The molecule has 1 aliphatic rings. The van der Waals surface area contributed by atoms with Crippen molar-refractivity contribution in [3.05, 3.63) is 51.7 Å². The number of anilines is 1. The summed E-state index contributed by atoms with van der Waals surface area (Å²) in [6.45, 7) is 3.67. The smallest absolute Gasteiger partial charge is 0.333 e. The lowest BCUT2D eigenvalue weighted by Gasteiger charge is -2.32. The average Bonchev–Trinajstić information content (AvgIpc) is 2.94. The fourth-order valence-electron chi connectivity index (χ4n) is 3.41. The van der Waals surface area contributed by atoms with Gasteiger partial charge >= 0.3 is 5.69 Å². The summed E-state index contributed by atoms with van der Waals surface area (Å²) in [5.41, 5.74) is 1.15. The van der Waals surface area contributed by atoms with Crippen molar-refractivity contribution in [2.45, 2.75) is 19.8 Å². The van der Waals surface area contributed by atoms with Crippen LogP contribution >= 0.6 is 0 Å². The minimum absolute atomic E-state index is 0.0317. The third-order valence-electron chi connectivity index (χ3n) is 4.85. The highest BCUT2D eigenvalue weighted by atomic mass is 16.6. The van der Waals surface area contributed by atoms with Gasteiger partial charge in [0.05, 0.1) is 4.92 Å². The van der Waals surface area contributed by atoms with Gasteiger partial charge in [-0.05, 0) is 37.8 Å². The van der Waals surface area contributed by atoms with E-state index in [2.05, 4.69) is 10.4 Å². The van der Waals surface area contributed by atoms with E-state index < -0.39 is 4.92 Å². The molecule has 1 amide bonds. The van der Waals surface area contributed by atoms with Crippen molar-refractivity contribution in [3.8, 4) is 0 Å². The predicted molar refractivity (Wildman–Crippen MR) is 98.2 cm³/mol. The number of likely N-dealkylation sites (tertiary alicyclic amines) is 1. The molecule has 138 valence electrons. The number of hydrogen-bond donors (Lipinski definition) is 1. The van der Waals surface area contributed by atoms with Crippen LogP contribution in [0.4, 0.5) is 11.5 Å². The van der Waals surface area contributed by atoms with Crippen LogP contribution in [0.2, 0.25) is 0 Å². The van der Waals surface area contributed by atoms with Crippen LogP contribution in [-0.4, -0.2) is 45.1 Å². The maximum Gasteiger partial charge on any atom is 0.333 e. The van der Waals surface area contributed by atoms with E-state index in [0.717, 1.165) is 12.8 Å². The Hall–Kier alpha value is -2.90. The van der Waals surface area contributed by atoms with Gasteiger partial charge < -0.3 is 10.2 Å². The maximum absolute atomic E-state index is 12.5. The summed E-state index contributed by atoms with van der Waals surface area (Å²) >= 11 is 0. The van der Waals surface area contributed by atoms with Crippen LogP contribution in [-0.2, 0) is 7.05 Å². The van der Waals surface area contributed by atoms with Gasteiger partial charge in [-0.1, -0.05) is 18.2 Å². The number of nitro groups is 1. The number of nitrogens with zero attached hydrogens (tertiary/aromatic N) is 4.